The summed E-state index contributed by atoms with van der Waals surface area (Å²) in [5.41, 5.74) is 3.05. The summed E-state index contributed by atoms with van der Waals surface area (Å²) in [5.74, 6) is 0. The van der Waals surface area contributed by atoms with Crippen LogP contribution in [-0.2, 0) is 0 Å². The second kappa shape index (κ2) is 2.59. The van der Waals surface area contributed by atoms with E-state index in [0.717, 1.165) is 22.0 Å². The lowest BCUT2D eigenvalue weighted by Crippen LogP contribution is -1.89. The van der Waals surface area contributed by atoms with Gasteiger partial charge in [-0.1, -0.05) is 11.6 Å². The van der Waals surface area contributed by atoms with Crippen LogP contribution in [0.5, 0.6) is 0 Å². The first-order chi connectivity index (χ1) is 4.61. The van der Waals surface area contributed by atoms with Crippen molar-refractivity contribution in [1.29, 1.82) is 0 Å². The fourth-order valence-corrected chi connectivity index (χ4v) is 1.10. The topological polar surface area (TPSA) is 12.9 Å². The predicted octanol–water partition coefficient (Wildman–Crippen LogP) is 2.66. The van der Waals surface area contributed by atoms with Gasteiger partial charge in [-0.2, -0.15) is 0 Å². The maximum atomic E-state index is 5.89. The van der Waals surface area contributed by atoms with Crippen molar-refractivity contribution in [2.24, 2.45) is 0 Å². The summed E-state index contributed by atoms with van der Waals surface area (Å²) < 4.78 is 0. The van der Waals surface area contributed by atoms with E-state index in [9.17, 15) is 0 Å². The quantitative estimate of drug-likeness (QED) is 0.562. The molecule has 1 heterocycles. The molecule has 1 aromatic heterocycles. The molecule has 0 radical (unpaired) electrons. The number of halogens is 1. The molecule has 0 saturated heterocycles. The number of nitrogens with zero attached hydrogens (tertiary/aromatic N) is 1. The van der Waals surface area contributed by atoms with Crippen molar-refractivity contribution >= 4 is 11.6 Å². The maximum absolute atomic E-state index is 5.89. The molecule has 0 aliphatic rings. The summed E-state index contributed by atoms with van der Waals surface area (Å²) in [4.78, 5) is 4.20. The summed E-state index contributed by atoms with van der Waals surface area (Å²) >= 11 is 5.89. The fraction of sp³-hybridized carbons (Fsp3) is 0.375. The Morgan fingerprint density at radius 3 is 2.40 bits per heavy atom. The molecule has 0 aliphatic carbocycles. The predicted molar refractivity (Wildman–Crippen MR) is 43.5 cm³/mol. The number of hydrogen-bond donors (Lipinski definition) is 0. The van der Waals surface area contributed by atoms with Crippen LogP contribution >= 0.6 is 11.6 Å². The van der Waals surface area contributed by atoms with E-state index < -0.39 is 0 Å². The minimum absolute atomic E-state index is 0.783. The second-order valence-corrected chi connectivity index (χ2v) is 2.86. The van der Waals surface area contributed by atoms with E-state index in [1.165, 1.54) is 0 Å². The molecular weight excluding hydrogens is 146 g/mol. The highest BCUT2D eigenvalue weighted by Gasteiger charge is 1.99. The molecule has 0 aliphatic heterocycles. The maximum Gasteiger partial charge on any atom is 0.0647 e. The molecule has 0 atom stereocenters. The van der Waals surface area contributed by atoms with Crippen LogP contribution in [-0.4, -0.2) is 4.98 Å². The molecule has 1 nitrogen and oxygen atoms in total. The zero-order chi connectivity index (χ0) is 7.72. The molecule has 0 N–H and O–H groups in total. The van der Waals surface area contributed by atoms with E-state index >= 15 is 0 Å². The molecule has 0 saturated carbocycles. The first-order valence-electron chi connectivity index (χ1n) is 3.21. The van der Waals surface area contributed by atoms with Crippen LogP contribution in [0.25, 0.3) is 0 Å². The molecule has 1 rings (SSSR count). The average Bonchev–Trinajstić information content (AvgIpc) is 1.82. The van der Waals surface area contributed by atoms with Gasteiger partial charge in [0.25, 0.3) is 0 Å². The van der Waals surface area contributed by atoms with Crippen molar-refractivity contribution in [2.45, 2.75) is 20.8 Å². The highest BCUT2D eigenvalue weighted by molar-refractivity contribution is 6.31. The van der Waals surface area contributed by atoms with Crippen molar-refractivity contribution < 1.29 is 0 Å². The van der Waals surface area contributed by atoms with Gasteiger partial charge < -0.3 is 0 Å². The SMILES string of the molecule is Cc1cc(C)c(Cl)c(C)n1. The standard InChI is InChI=1S/C8H10ClN/c1-5-4-6(2)10-7(3)8(5)9/h4H,1-3H3. The second-order valence-electron chi connectivity index (χ2n) is 2.48. The molecule has 54 valence electrons. The summed E-state index contributed by atoms with van der Waals surface area (Å²) in [6.45, 7) is 5.88. The summed E-state index contributed by atoms with van der Waals surface area (Å²) in [6, 6.07) is 1.98. The van der Waals surface area contributed by atoms with Crippen LogP contribution in [0.1, 0.15) is 17.0 Å². The van der Waals surface area contributed by atoms with Gasteiger partial charge in [0.05, 0.1) is 10.7 Å². The lowest BCUT2D eigenvalue weighted by Gasteiger charge is -2.01. The number of aromatic nitrogens is 1. The Hall–Kier alpha value is -0.560. The first-order valence-corrected chi connectivity index (χ1v) is 3.59. The van der Waals surface area contributed by atoms with Gasteiger partial charge in [0.15, 0.2) is 0 Å². The van der Waals surface area contributed by atoms with Gasteiger partial charge in [-0.05, 0) is 32.4 Å². The Bertz CT molecular complexity index is 232. The molecule has 10 heavy (non-hydrogen) atoms. The van der Waals surface area contributed by atoms with Gasteiger partial charge in [-0.25, -0.2) is 0 Å². The zero-order valence-corrected chi connectivity index (χ0v) is 7.16. The van der Waals surface area contributed by atoms with Gasteiger partial charge in [0.1, 0.15) is 0 Å². The molecule has 2 heteroatoms. The third kappa shape index (κ3) is 1.29. The third-order valence-electron chi connectivity index (χ3n) is 1.43. The van der Waals surface area contributed by atoms with Gasteiger partial charge in [0, 0.05) is 5.69 Å². The summed E-state index contributed by atoms with van der Waals surface area (Å²) in [5, 5.41) is 0.783. The van der Waals surface area contributed by atoms with Gasteiger partial charge in [-0.15, -0.1) is 0 Å². The molecule has 0 bridgehead atoms. The number of aryl methyl sites for hydroxylation is 3. The molecular formula is C8H10ClN. The van der Waals surface area contributed by atoms with Crippen molar-refractivity contribution in [3.05, 3.63) is 28.0 Å². The molecule has 0 amide bonds. The van der Waals surface area contributed by atoms with Crippen LogP contribution in [0.2, 0.25) is 5.02 Å². The highest BCUT2D eigenvalue weighted by Crippen LogP contribution is 2.18. The van der Waals surface area contributed by atoms with E-state index in [0.29, 0.717) is 0 Å². The van der Waals surface area contributed by atoms with Gasteiger partial charge in [0.2, 0.25) is 0 Å². The number of pyridine rings is 1. The van der Waals surface area contributed by atoms with E-state index in [-0.39, 0.29) is 0 Å². The lowest BCUT2D eigenvalue weighted by atomic mass is 10.2. The monoisotopic (exact) mass is 155 g/mol. The minimum Gasteiger partial charge on any atom is -0.257 e. The van der Waals surface area contributed by atoms with Crippen LogP contribution in [0.4, 0.5) is 0 Å². The number of hydrogen-bond acceptors (Lipinski definition) is 1. The van der Waals surface area contributed by atoms with Crippen molar-refractivity contribution in [1.82, 2.24) is 4.98 Å². The third-order valence-corrected chi connectivity index (χ3v) is 2.00. The Morgan fingerprint density at radius 1 is 1.30 bits per heavy atom. The van der Waals surface area contributed by atoms with Crippen molar-refractivity contribution in [2.75, 3.05) is 0 Å². The van der Waals surface area contributed by atoms with Crippen LogP contribution < -0.4 is 0 Å². The first kappa shape index (κ1) is 7.55. The number of rotatable bonds is 0. The van der Waals surface area contributed by atoms with Gasteiger partial charge >= 0.3 is 0 Å². The van der Waals surface area contributed by atoms with Crippen LogP contribution in [0.15, 0.2) is 6.07 Å². The molecule has 1 aromatic rings. The van der Waals surface area contributed by atoms with Crippen molar-refractivity contribution in [3.8, 4) is 0 Å². The Balaban J connectivity index is 3.31. The van der Waals surface area contributed by atoms with Crippen molar-refractivity contribution in [3.63, 3.8) is 0 Å². The highest BCUT2D eigenvalue weighted by atomic mass is 35.5. The average molecular weight is 156 g/mol. The molecule has 0 aromatic carbocycles. The summed E-state index contributed by atoms with van der Waals surface area (Å²) in [6.07, 6.45) is 0. The van der Waals surface area contributed by atoms with E-state index in [2.05, 4.69) is 4.98 Å². The summed E-state index contributed by atoms with van der Waals surface area (Å²) in [7, 11) is 0. The van der Waals surface area contributed by atoms with Gasteiger partial charge in [-0.3, -0.25) is 4.98 Å². The zero-order valence-electron chi connectivity index (χ0n) is 6.40. The molecule has 0 spiro atoms. The van der Waals surface area contributed by atoms with E-state index in [4.69, 9.17) is 11.6 Å². The van der Waals surface area contributed by atoms with E-state index in [1.807, 2.05) is 26.8 Å². The fourth-order valence-electron chi connectivity index (χ4n) is 1.01. The molecule has 0 fully saturated rings. The normalized spacial score (nSPS) is 10.0. The Labute approximate surface area is 66.0 Å². The van der Waals surface area contributed by atoms with Crippen LogP contribution in [0.3, 0.4) is 0 Å². The Kier molecular flexibility index (Phi) is 1.95. The molecule has 0 unspecified atom stereocenters. The van der Waals surface area contributed by atoms with Crippen LogP contribution in [0, 0.1) is 20.8 Å². The minimum atomic E-state index is 0.783. The Morgan fingerprint density at radius 2 is 1.90 bits per heavy atom. The lowest BCUT2D eigenvalue weighted by molar-refractivity contribution is 1.10. The smallest absolute Gasteiger partial charge is 0.0647 e. The van der Waals surface area contributed by atoms with E-state index in [1.54, 1.807) is 0 Å². The largest absolute Gasteiger partial charge is 0.257 e.